The van der Waals surface area contributed by atoms with E-state index in [2.05, 4.69) is 15.9 Å². The van der Waals surface area contributed by atoms with Crippen LogP contribution in [0.25, 0.3) is 0 Å². The van der Waals surface area contributed by atoms with Gasteiger partial charge in [0, 0.05) is 20.0 Å². The van der Waals surface area contributed by atoms with Gasteiger partial charge in [-0.25, -0.2) is 9.69 Å². The lowest BCUT2D eigenvalue weighted by atomic mass is 9.86. The molecular weight excluding hydrogens is 614 g/mol. The zero-order chi connectivity index (χ0) is 31.6. The summed E-state index contributed by atoms with van der Waals surface area (Å²) in [5.74, 6) is -0.886. The van der Waals surface area contributed by atoms with Gasteiger partial charge in [-0.3, -0.25) is 9.59 Å². The van der Waals surface area contributed by atoms with Crippen molar-refractivity contribution in [2.75, 3.05) is 6.61 Å². The smallest absolute Gasteiger partial charge is 0.417 e. The predicted molar refractivity (Wildman–Crippen MR) is 168 cm³/mol. The van der Waals surface area contributed by atoms with E-state index in [9.17, 15) is 14.4 Å². The molecule has 2 heterocycles. The van der Waals surface area contributed by atoms with Gasteiger partial charge in [-0.2, -0.15) is 0 Å². The summed E-state index contributed by atoms with van der Waals surface area (Å²) < 4.78 is 18.5. The maximum Gasteiger partial charge on any atom is 0.417 e. The van der Waals surface area contributed by atoms with E-state index in [1.54, 1.807) is 6.07 Å². The van der Waals surface area contributed by atoms with E-state index in [4.69, 9.17) is 19.0 Å². The van der Waals surface area contributed by atoms with Crippen molar-refractivity contribution < 1.29 is 33.4 Å². The van der Waals surface area contributed by atoms with Crippen LogP contribution in [0.2, 0.25) is 0 Å². The molecule has 8 nitrogen and oxygen atoms in total. The number of rotatable bonds is 17. The van der Waals surface area contributed by atoms with Gasteiger partial charge in [-0.1, -0.05) is 82.7 Å². The molecule has 0 spiro atoms. The second-order valence-corrected chi connectivity index (χ2v) is 13.3. The molecule has 1 aliphatic rings. The van der Waals surface area contributed by atoms with Crippen LogP contribution in [0, 0.1) is 11.8 Å². The van der Waals surface area contributed by atoms with Gasteiger partial charge in [0.05, 0.1) is 16.4 Å². The first-order valence-corrected chi connectivity index (χ1v) is 16.4. The molecule has 1 aliphatic heterocycles. The number of aliphatic hydroxyl groups excluding tert-OH is 1. The second kappa shape index (κ2) is 16.4. The van der Waals surface area contributed by atoms with Crippen LogP contribution in [0.3, 0.4) is 0 Å². The van der Waals surface area contributed by atoms with Gasteiger partial charge in [0.15, 0.2) is 6.10 Å². The summed E-state index contributed by atoms with van der Waals surface area (Å²) in [4.78, 5) is 41.1. The van der Waals surface area contributed by atoms with Crippen LogP contribution in [0.1, 0.15) is 109 Å². The minimum atomic E-state index is -1.04. The van der Waals surface area contributed by atoms with Crippen LogP contribution < -0.4 is 0 Å². The average Bonchev–Trinajstić information content (AvgIpc) is 3.43. The van der Waals surface area contributed by atoms with Crippen LogP contribution in [0.4, 0.5) is 4.79 Å². The second-order valence-electron chi connectivity index (χ2n) is 12.4. The molecule has 0 aliphatic carbocycles. The summed E-state index contributed by atoms with van der Waals surface area (Å²) >= 11 is 3.62. The minimum Gasteiger partial charge on any atom is -0.461 e. The molecule has 0 bridgehead atoms. The number of amides is 2. The molecule has 3 atom stereocenters. The molecule has 2 aromatic rings. The molecule has 43 heavy (non-hydrogen) atoms. The highest BCUT2D eigenvalue weighted by atomic mass is 79.9. The number of ether oxygens (including phenoxy) is 2. The molecule has 9 heteroatoms. The quantitative estimate of drug-likeness (QED) is 0.135. The molecule has 0 saturated carbocycles. The van der Waals surface area contributed by atoms with E-state index in [1.807, 2.05) is 58.0 Å². The fourth-order valence-corrected chi connectivity index (χ4v) is 6.67. The van der Waals surface area contributed by atoms with E-state index in [-0.39, 0.29) is 18.9 Å². The third-order valence-electron chi connectivity index (χ3n) is 8.05. The van der Waals surface area contributed by atoms with Gasteiger partial charge in [-0.05, 0) is 66.6 Å². The maximum absolute atomic E-state index is 14.4. The lowest BCUT2D eigenvalue weighted by Gasteiger charge is -2.34. The van der Waals surface area contributed by atoms with Crippen molar-refractivity contribution in [3.05, 3.63) is 58.0 Å². The SMILES string of the molecule is CC(=O)O[C@@H](c1cc(Br)c(CCCCCCCCCCO)o1)[C@@H](Cc1ccccc1)C(=O)N1C(=O)OC(C)(C)[C@H]1C(C)C. The Kier molecular flexibility index (Phi) is 13.3. The summed E-state index contributed by atoms with van der Waals surface area (Å²) in [7, 11) is 0. The Balaban J connectivity index is 1.85. The Morgan fingerprint density at radius 3 is 2.21 bits per heavy atom. The van der Waals surface area contributed by atoms with E-state index in [0.29, 0.717) is 12.2 Å². The summed E-state index contributed by atoms with van der Waals surface area (Å²) in [5.41, 5.74) is 0.00301. The zero-order valence-electron chi connectivity index (χ0n) is 26.3. The Morgan fingerprint density at radius 1 is 1.02 bits per heavy atom. The van der Waals surface area contributed by atoms with Crippen molar-refractivity contribution in [2.45, 2.75) is 117 Å². The fourth-order valence-electron chi connectivity index (χ4n) is 6.17. The molecule has 2 amide bonds. The molecule has 0 radical (unpaired) electrons. The molecule has 1 aromatic carbocycles. The van der Waals surface area contributed by atoms with Gasteiger partial charge in [0.2, 0.25) is 5.91 Å². The van der Waals surface area contributed by atoms with Crippen LogP contribution in [-0.2, 0) is 31.9 Å². The average molecular weight is 663 g/mol. The van der Waals surface area contributed by atoms with Gasteiger partial charge in [-0.15, -0.1) is 0 Å². The Labute approximate surface area is 264 Å². The number of imide groups is 1. The van der Waals surface area contributed by atoms with Crippen LogP contribution in [-0.4, -0.2) is 46.2 Å². The first-order valence-electron chi connectivity index (χ1n) is 15.6. The number of hydrogen-bond acceptors (Lipinski definition) is 7. The van der Waals surface area contributed by atoms with Crippen molar-refractivity contribution in [1.82, 2.24) is 4.90 Å². The molecule has 238 valence electrons. The number of aryl methyl sites for hydroxylation is 1. The summed E-state index contributed by atoms with van der Waals surface area (Å²) in [5, 5.41) is 8.91. The normalized spacial score (nSPS) is 17.6. The number of halogens is 1. The first kappa shape index (κ1) is 34.8. The fraction of sp³-hybridized carbons (Fsp3) is 0.618. The van der Waals surface area contributed by atoms with Crippen LogP contribution >= 0.6 is 15.9 Å². The topological polar surface area (TPSA) is 106 Å². The Bertz CT molecular complexity index is 1190. The van der Waals surface area contributed by atoms with Crippen molar-refractivity contribution >= 4 is 33.9 Å². The zero-order valence-corrected chi connectivity index (χ0v) is 27.9. The number of furan rings is 1. The van der Waals surface area contributed by atoms with Gasteiger partial charge >= 0.3 is 12.1 Å². The molecule has 0 unspecified atom stereocenters. The summed E-state index contributed by atoms with van der Waals surface area (Å²) in [6, 6.07) is 10.8. The number of cyclic esters (lactones) is 1. The number of carbonyl (C=O) groups is 3. The third-order valence-corrected chi connectivity index (χ3v) is 8.72. The summed E-state index contributed by atoms with van der Waals surface area (Å²) in [6.07, 6.45) is 7.79. The predicted octanol–water partition coefficient (Wildman–Crippen LogP) is 7.94. The largest absolute Gasteiger partial charge is 0.461 e. The van der Waals surface area contributed by atoms with Gasteiger partial charge < -0.3 is 19.0 Å². The highest BCUT2D eigenvalue weighted by molar-refractivity contribution is 9.10. The molecule has 1 saturated heterocycles. The third kappa shape index (κ3) is 9.67. The number of esters is 1. The minimum absolute atomic E-state index is 0.0557. The molecular formula is C34H48BrNO7. The van der Waals surface area contributed by atoms with Crippen LogP contribution in [0.15, 0.2) is 45.3 Å². The maximum atomic E-state index is 14.4. The van der Waals surface area contributed by atoms with E-state index in [0.717, 1.165) is 54.3 Å². The molecule has 1 N–H and O–H groups in total. The number of hydrogen-bond donors (Lipinski definition) is 1. The number of nitrogens with zero attached hydrogens (tertiary/aromatic N) is 1. The van der Waals surface area contributed by atoms with Gasteiger partial charge in [0.1, 0.15) is 17.1 Å². The number of unbranched alkanes of at least 4 members (excludes halogenated alkanes) is 7. The first-order chi connectivity index (χ1) is 20.5. The van der Waals surface area contributed by atoms with E-state index < -0.39 is 41.6 Å². The van der Waals surface area contributed by atoms with Gasteiger partial charge in [0.25, 0.3) is 0 Å². The molecule has 3 rings (SSSR count). The number of carbonyl (C=O) groups excluding carboxylic acids is 3. The highest BCUT2D eigenvalue weighted by Crippen LogP contribution is 2.40. The standard InChI is InChI=1S/C34H48BrNO7/c1-23(2)31-34(4,5)43-33(40)36(31)32(39)26(21-25-17-13-12-14-18-25)30(41-24(3)38)29-22-27(35)28(42-29)19-15-10-8-6-7-9-11-16-20-37/h12-14,17-18,22-23,26,30-31,37H,6-11,15-16,19-21H2,1-5H3/t26-,30-,31-/m1/s1. The van der Waals surface area contributed by atoms with Crippen molar-refractivity contribution in [1.29, 1.82) is 0 Å². The van der Waals surface area contributed by atoms with E-state index in [1.165, 1.54) is 24.7 Å². The highest BCUT2D eigenvalue weighted by Gasteiger charge is 2.54. The lowest BCUT2D eigenvalue weighted by molar-refractivity contribution is -0.156. The number of benzene rings is 1. The van der Waals surface area contributed by atoms with Crippen molar-refractivity contribution in [3.63, 3.8) is 0 Å². The Morgan fingerprint density at radius 2 is 1.63 bits per heavy atom. The monoisotopic (exact) mass is 661 g/mol. The molecule has 1 fully saturated rings. The number of aliphatic hydroxyl groups is 1. The lowest BCUT2D eigenvalue weighted by Crippen LogP contribution is -2.51. The Hall–Kier alpha value is -2.65. The van der Waals surface area contributed by atoms with Crippen molar-refractivity contribution in [2.24, 2.45) is 11.8 Å². The molecule has 1 aromatic heterocycles. The van der Waals surface area contributed by atoms with Crippen LogP contribution in [0.5, 0.6) is 0 Å². The van der Waals surface area contributed by atoms with E-state index >= 15 is 0 Å². The van der Waals surface area contributed by atoms with Crippen molar-refractivity contribution in [3.8, 4) is 0 Å². The summed E-state index contributed by atoms with van der Waals surface area (Å²) in [6.45, 7) is 9.11.